The Morgan fingerprint density at radius 1 is 1.33 bits per heavy atom. The summed E-state index contributed by atoms with van der Waals surface area (Å²) < 4.78 is 47.6. The summed E-state index contributed by atoms with van der Waals surface area (Å²) in [5.41, 5.74) is 0.659. The fourth-order valence-corrected chi connectivity index (χ4v) is 4.21. The molecular weight excluding hydrogens is 417 g/mol. The number of carbonyl (C=O) groups excluding carboxylic acids is 1. The van der Waals surface area contributed by atoms with Crippen molar-refractivity contribution < 1.29 is 22.7 Å². The van der Waals surface area contributed by atoms with Crippen molar-refractivity contribution in [3.63, 3.8) is 0 Å². The number of anilines is 1. The average Bonchev–Trinajstić information content (AvgIpc) is 3.40. The van der Waals surface area contributed by atoms with Crippen LogP contribution >= 0.6 is 11.3 Å². The number of nitrogens with zero attached hydrogens (tertiary/aromatic N) is 2. The van der Waals surface area contributed by atoms with E-state index < -0.39 is 24.2 Å². The highest BCUT2D eigenvalue weighted by Crippen LogP contribution is 2.45. The molecule has 6 nitrogen and oxygen atoms in total. The van der Waals surface area contributed by atoms with Gasteiger partial charge >= 0.3 is 6.18 Å². The Bertz CT molecular complexity index is 1030. The number of ether oxygens (including phenoxy) is 1. The van der Waals surface area contributed by atoms with E-state index in [9.17, 15) is 18.0 Å². The number of nitrogens with one attached hydrogen (secondary N) is 2. The molecule has 158 valence electrons. The van der Waals surface area contributed by atoms with Gasteiger partial charge in [-0.15, -0.1) is 11.3 Å². The number of alkyl halides is 3. The number of halogens is 3. The summed E-state index contributed by atoms with van der Waals surface area (Å²) in [6.45, 7) is 0.291. The zero-order valence-corrected chi connectivity index (χ0v) is 16.8. The molecule has 0 saturated carbocycles. The van der Waals surface area contributed by atoms with Crippen molar-refractivity contribution in [3.8, 4) is 5.75 Å². The van der Waals surface area contributed by atoms with Crippen molar-refractivity contribution in [3.05, 3.63) is 64.0 Å². The first-order valence-electron chi connectivity index (χ1n) is 9.22. The third kappa shape index (κ3) is 3.87. The van der Waals surface area contributed by atoms with E-state index in [4.69, 9.17) is 4.74 Å². The highest BCUT2D eigenvalue weighted by Gasteiger charge is 2.47. The molecule has 4 rings (SSSR count). The van der Waals surface area contributed by atoms with Gasteiger partial charge in [0.25, 0.3) is 5.91 Å². The Kier molecular flexibility index (Phi) is 5.42. The first-order chi connectivity index (χ1) is 14.4. The summed E-state index contributed by atoms with van der Waals surface area (Å²) in [6, 6.07) is 8.08. The number of benzene rings is 1. The molecule has 2 N–H and O–H groups in total. The fourth-order valence-electron chi connectivity index (χ4n) is 3.56. The van der Waals surface area contributed by atoms with Crippen molar-refractivity contribution >= 4 is 23.1 Å². The normalized spacial score (nSPS) is 18.4. The molecular formula is C20H19F3N4O2S. The van der Waals surface area contributed by atoms with Gasteiger partial charge in [0.05, 0.1) is 25.9 Å². The van der Waals surface area contributed by atoms with E-state index >= 15 is 0 Å². The van der Waals surface area contributed by atoms with E-state index in [0.29, 0.717) is 17.9 Å². The summed E-state index contributed by atoms with van der Waals surface area (Å²) in [5.74, 6) is 0.0366. The molecule has 0 unspecified atom stereocenters. The second-order valence-electron chi connectivity index (χ2n) is 6.85. The van der Waals surface area contributed by atoms with Crippen LogP contribution in [0.2, 0.25) is 0 Å². The molecule has 1 aromatic carbocycles. The lowest BCUT2D eigenvalue weighted by Gasteiger charge is -2.34. The van der Waals surface area contributed by atoms with Crippen LogP contribution in [0.3, 0.4) is 0 Å². The zero-order valence-electron chi connectivity index (χ0n) is 15.9. The molecule has 3 aromatic rings. The predicted octanol–water partition coefficient (Wildman–Crippen LogP) is 4.54. The lowest BCUT2D eigenvalue weighted by Crippen LogP contribution is -2.36. The SMILES string of the molecule is COc1ccccc1[C@H]1C[C@@H](C(F)(F)F)n2ncc(C(=O)NCc3cccs3)c2N1. The van der Waals surface area contributed by atoms with Crippen LogP contribution in [0, 0.1) is 0 Å². The summed E-state index contributed by atoms with van der Waals surface area (Å²) >= 11 is 1.48. The molecule has 1 aliphatic rings. The molecule has 0 radical (unpaired) electrons. The van der Waals surface area contributed by atoms with Gasteiger partial charge in [-0.3, -0.25) is 4.79 Å². The van der Waals surface area contributed by atoms with Crippen molar-refractivity contribution in [1.82, 2.24) is 15.1 Å². The highest BCUT2D eigenvalue weighted by molar-refractivity contribution is 7.09. The van der Waals surface area contributed by atoms with E-state index in [1.807, 2.05) is 17.5 Å². The number of fused-ring (bicyclic) bond motifs is 1. The van der Waals surface area contributed by atoms with Crippen LogP contribution in [-0.4, -0.2) is 29.0 Å². The minimum atomic E-state index is -4.52. The molecule has 30 heavy (non-hydrogen) atoms. The van der Waals surface area contributed by atoms with Crippen LogP contribution < -0.4 is 15.4 Å². The molecule has 1 amide bonds. The van der Waals surface area contributed by atoms with Gasteiger partial charge in [0.1, 0.15) is 17.1 Å². The van der Waals surface area contributed by atoms with Crippen LogP contribution in [0.4, 0.5) is 19.0 Å². The Morgan fingerprint density at radius 2 is 2.13 bits per heavy atom. The van der Waals surface area contributed by atoms with E-state index in [1.165, 1.54) is 24.6 Å². The molecule has 0 bridgehead atoms. The first kappa shape index (κ1) is 20.3. The predicted molar refractivity (Wildman–Crippen MR) is 107 cm³/mol. The molecule has 0 saturated heterocycles. The molecule has 0 aliphatic carbocycles. The van der Waals surface area contributed by atoms with Gasteiger partial charge in [0.2, 0.25) is 0 Å². The van der Waals surface area contributed by atoms with Crippen molar-refractivity contribution in [1.29, 1.82) is 0 Å². The largest absolute Gasteiger partial charge is 0.496 e. The summed E-state index contributed by atoms with van der Waals surface area (Å²) in [5, 5.41) is 11.6. The van der Waals surface area contributed by atoms with Crippen LogP contribution in [0.15, 0.2) is 48.0 Å². The summed E-state index contributed by atoms with van der Waals surface area (Å²) in [6.07, 6.45) is -3.61. The smallest absolute Gasteiger partial charge is 0.410 e. The van der Waals surface area contributed by atoms with E-state index in [-0.39, 0.29) is 17.8 Å². The molecule has 0 spiro atoms. The number of thiophene rings is 1. The minimum absolute atomic E-state index is 0.0446. The zero-order chi connectivity index (χ0) is 21.3. The van der Waals surface area contributed by atoms with Crippen molar-refractivity contribution in [2.45, 2.75) is 31.2 Å². The van der Waals surface area contributed by atoms with Gasteiger partial charge < -0.3 is 15.4 Å². The number of hydrogen-bond donors (Lipinski definition) is 2. The second-order valence-corrected chi connectivity index (χ2v) is 7.88. The number of amides is 1. The lowest BCUT2D eigenvalue weighted by atomic mass is 9.95. The maximum atomic E-state index is 13.8. The van der Waals surface area contributed by atoms with Gasteiger partial charge in [0.15, 0.2) is 6.04 Å². The number of hydrogen-bond acceptors (Lipinski definition) is 5. The Labute approximate surface area is 174 Å². The van der Waals surface area contributed by atoms with Crippen molar-refractivity contribution in [2.75, 3.05) is 12.4 Å². The van der Waals surface area contributed by atoms with Crippen LogP contribution in [0.5, 0.6) is 5.75 Å². The maximum Gasteiger partial charge on any atom is 0.410 e. The molecule has 3 heterocycles. The molecule has 10 heteroatoms. The standard InChI is InChI=1S/C20H19F3N4O2S/c1-29-16-7-3-2-6-13(16)15-9-17(20(21,22)23)27-18(26-15)14(11-25-27)19(28)24-10-12-5-4-8-30-12/h2-8,11,15,17,26H,9-10H2,1H3,(H,24,28)/t15-,17+/m1/s1. The number of para-hydroxylation sites is 1. The van der Waals surface area contributed by atoms with Gasteiger partial charge in [-0.05, 0) is 17.5 Å². The molecule has 2 aromatic heterocycles. The van der Waals surface area contributed by atoms with E-state index in [2.05, 4.69) is 15.7 Å². The van der Waals surface area contributed by atoms with E-state index in [1.54, 1.807) is 24.3 Å². The molecule has 2 atom stereocenters. The van der Waals surface area contributed by atoms with Crippen LogP contribution in [0.1, 0.15) is 39.3 Å². The number of methoxy groups -OCH3 is 1. The molecule has 0 fully saturated rings. The van der Waals surface area contributed by atoms with Gasteiger partial charge in [0, 0.05) is 16.9 Å². The van der Waals surface area contributed by atoms with Gasteiger partial charge in [-0.1, -0.05) is 24.3 Å². The first-order valence-corrected chi connectivity index (χ1v) is 10.1. The third-order valence-corrected chi connectivity index (χ3v) is 5.88. The monoisotopic (exact) mass is 436 g/mol. The maximum absolute atomic E-state index is 13.8. The van der Waals surface area contributed by atoms with Crippen LogP contribution in [-0.2, 0) is 6.54 Å². The highest BCUT2D eigenvalue weighted by atomic mass is 32.1. The summed E-state index contributed by atoms with van der Waals surface area (Å²) in [4.78, 5) is 13.6. The third-order valence-electron chi connectivity index (χ3n) is 5.00. The van der Waals surface area contributed by atoms with Gasteiger partial charge in [-0.2, -0.15) is 18.3 Å². The second kappa shape index (κ2) is 8.02. The quantitative estimate of drug-likeness (QED) is 0.616. The average molecular weight is 436 g/mol. The Balaban J connectivity index is 1.67. The molecule has 1 aliphatic heterocycles. The number of carbonyl (C=O) groups is 1. The summed E-state index contributed by atoms with van der Waals surface area (Å²) in [7, 11) is 1.47. The van der Waals surface area contributed by atoms with Crippen molar-refractivity contribution in [2.24, 2.45) is 0 Å². The van der Waals surface area contributed by atoms with Crippen LogP contribution in [0.25, 0.3) is 0 Å². The Hall–Kier alpha value is -3.01. The van der Waals surface area contributed by atoms with Gasteiger partial charge in [-0.25, -0.2) is 4.68 Å². The number of rotatable bonds is 5. The topological polar surface area (TPSA) is 68.2 Å². The number of aromatic nitrogens is 2. The fraction of sp³-hybridized carbons (Fsp3) is 0.300. The Morgan fingerprint density at radius 3 is 2.83 bits per heavy atom. The lowest BCUT2D eigenvalue weighted by molar-refractivity contribution is -0.173. The minimum Gasteiger partial charge on any atom is -0.496 e. The van der Waals surface area contributed by atoms with E-state index in [0.717, 1.165) is 9.56 Å².